The van der Waals surface area contributed by atoms with Crippen LogP contribution in [0, 0.1) is 20.8 Å². The minimum atomic E-state index is 0.989. The van der Waals surface area contributed by atoms with E-state index in [0.717, 1.165) is 12.8 Å². The number of benzene rings is 1. The monoisotopic (exact) mass is 147 g/mol. The van der Waals surface area contributed by atoms with Crippen molar-refractivity contribution in [2.45, 2.75) is 26.7 Å². The lowest BCUT2D eigenvalue weighted by atomic mass is 10.0. The third kappa shape index (κ3) is 2.07. The van der Waals surface area contributed by atoms with Gasteiger partial charge in [-0.2, -0.15) is 0 Å². The molecular formula is C11H15. The van der Waals surface area contributed by atoms with E-state index in [1.165, 1.54) is 16.7 Å². The predicted octanol–water partition coefficient (Wildman–Crippen LogP) is 3.07. The molecule has 0 saturated carbocycles. The van der Waals surface area contributed by atoms with Gasteiger partial charge in [0.2, 0.25) is 0 Å². The molecule has 0 saturated heterocycles. The quantitative estimate of drug-likeness (QED) is 0.603. The van der Waals surface area contributed by atoms with Gasteiger partial charge in [0.05, 0.1) is 0 Å². The van der Waals surface area contributed by atoms with E-state index in [1.54, 1.807) is 0 Å². The molecule has 0 aliphatic rings. The molecule has 59 valence electrons. The molecular weight excluding hydrogens is 132 g/mol. The Hall–Kier alpha value is -0.780. The fraction of sp³-hybridized carbons (Fsp3) is 0.364. The van der Waals surface area contributed by atoms with Gasteiger partial charge in [-0.25, -0.2) is 0 Å². The van der Waals surface area contributed by atoms with Crippen LogP contribution >= 0.6 is 0 Å². The highest BCUT2D eigenvalue weighted by molar-refractivity contribution is 5.29. The number of hydrogen-bond acceptors (Lipinski definition) is 0. The van der Waals surface area contributed by atoms with Crippen molar-refractivity contribution in [1.29, 1.82) is 0 Å². The summed E-state index contributed by atoms with van der Waals surface area (Å²) in [5, 5.41) is 0. The molecule has 0 fully saturated rings. The predicted molar refractivity (Wildman–Crippen MR) is 49.6 cm³/mol. The maximum absolute atomic E-state index is 3.83. The molecule has 0 heteroatoms. The average molecular weight is 147 g/mol. The van der Waals surface area contributed by atoms with Gasteiger partial charge in [0.25, 0.3) is 0 Å². The van der Waals surface area contributed by atoms with Crippen molar-refractivity contribution < 1.29 is 0 Å². The molecule has 1 rings (SSSR count). The van der Waals surface area contributed by atoms with E-state index < -0.39 is 0 Å². The lowest BCUT2D eigenvalue weighted by molar-refractivity contribution is 0.994. The molecule has 0 amide bonds. The molecule has 0 heterocycles. The molecule has 1 aromatic carbocycles. The highest BCUT2D eigenvalue weighted by Crippen LogP contribution is 2.10. The van der Waals surface area contributed by atoms with Gasteiger partial charge in [-0.1, -0.05) is 25.1 Å². The first-order valence-electron chi connectivity index (χ1n) is 4.09. The molecule has 0 aliphatic heterocycles. The molecule has 0 bridgehead atoms. The van der Waals surface area contributed by atoms with Crippen molar-refractivity contribution in [2.75, 3.05) is 0 Å². The van der Waals surface area contributed by atoms with E-state index in [2.05, 4.69) is 39.0 Å². The van der Waals surface area contributed by atoms with Crippen LogP contribution in [0.3, 0.4) is 0 Å². The summed E-state index contributed by atoms with van der Waals surface area (Å²) in [6.07, 6.45) is 2.09. The van der Waals surface area contributed by atoms with E-state index in [4.69, 9.17) is 0 Å². The van der Waals surface area contributed by atoms with Crippen LogP contribution in [0.5, 0.6) is 0 Å². The van der Waals surface area contributed by atoms with Gasteiger partial charge in [0, 0.05) is 0 Å². The highest BCUT2D eigenvalue weighted by atomic mass is 14.0. The van der Waals surface area contributed by atoms with E-state index >= 15 is 0 Å². The second kappa shape index (κ2) is 3.56. The second-order valence-corrected chi connectivity index (χ2v) is 3.02. The third-order valence-electron chi connectivity index (χ3n) is 2.04. The Morgan fingerprint density at radius 3 is 2.45 bits per heavy atom. The Labute approximate surface area is 69.3 Å². The van der Waals surface area contributed by atoms with Crippen LogP contribution < -0.4 is 0 Å². The van der Waals surface area contributed by atoms with E-state index in [1.807, 2.05) is 0 Å². The minimum absolute atomic E-state index is 0.989. The summed E-state index contributed by atoms with van der Waals surface area (Å²) < 4.78 is 0. The van der Waals surface area contributed by atoms with Crippen molar-refractivity contribution in [2.24, 2.45) is 0 Å². The first-order chi connectivity index (χ1) is 5.24. The summed E-state index contributed by atoms with van der Waals surface area (Å²) in [6.45, 7) is 8.13. The maximum atomic E-state index is 3.83. The van der Waals surface area contributed by atoms with Crippen LogP contribution in [0.4, 0.5) is 0 Å². The number of hydrogen-bond donors (Lipinski definition) is 0. The fourth-order valence-electron chi connectivity index (χ4n) is 1.16. The van der Waals surface area contributed by atoms with Crippen LogP contribution in [-0.2, 0) is 6.42 Å². The maximum Gasteiger partial charge on any atom is -0.0279 e. The zero-order chi connectivity index (χ0) is 8.27. The van der Waals surface area contributed by atoms with Crippen LogP contribution in [0.1, 0.15) is 23.1 Å². The van der Waals surface area contributed by atoms with Gasteiger partial charge in [-0.15, -0.1) is 0 Å². The topological polar surface area (TPSA) is 0 Å². The normalized spacial score (nSPS) is 10.1. The molecule has 0 atom stereocenters. The summed E-state index contributed by atoms with van der Waals surface area (Å²) in [4.78, 5) is 0. The van der Waals surface area contributed by atoms with Gasteiger partial charge in [-0.05, 0) is 43.4 Å². The van der Waals surface area contributed by atoms with E-state index in [0.29, 0.717) is 0 Å². The minimum Gasteiger partial charge on any atom is -0.0588 e. The summed E-state index contributed by atoms with van der Waals surface area (Å²) in [6, 6.07) is 6.62. The zero-order valence-electron chi connectivity index (χ0n) is 7.35. The molecule has 0 nitrogen and oxygen atoms in total. The summed E-state index contributed by atoms with van der Waals surface area (Å²) in [5.41, 5.74) is 4.16. The summed E-state index contributed by atoms with van der Waals surface area (Å²) in [5.74, 6) is 0. The molecule has 0 spiro atoms. The molecule has 1 aromatic rings. The van der Waals surface area contributed by atoms with Crippen molar-refractivity contribution in [1.82, 2.24) is 0 Å². The fourth-order valence-corrected chi connectivity index (χ4v) is 1.16. The molecule has 1 radical (unpaired) electrons. The molecule has 0 aliphatic carbocycles. The molecule has 0 unspecified atom stereocenters. The van der Waals surface area contributed by atoms with E-state index in [-0.39, 0.29) is 0 Å². The second-order valence-electron chi connectivity index (χ2n) is 3.02. The number of aryl methyl sites for hydroxylation is 3. The van der Waals surface area contributed by atoms with Crippen molar-refractivity contribution in [3.8, 4) is 0 Å². The Balaban J connectivity index is 2.86. The zero-order valence-corrected chi connectivity index (χ0v) is 7.35. The SMILES string of the molecule is [CH2]CCc1ccc(C)c(C)c1. The van der Waals surface area contributed by atoms with Crippen LogP contribution in [0.25, 0.3) is 0 Å². The highest BCUT2D eigenvalue weighted by Gasteiger charge is 1.93. The summed E-state index contributed by atoms with van der Waals surface area (Å²) >= 11 is 0. The molecule has 0 N–H and O–H groups in total. The van der Waals surface area contributed by atoms with Gasteiger partial charge >= 0.3 is 0 Å². The molecule has 0 aromatic heterocycles. The van der Waals surface area contributed by atoms with Crippen LogP contribution in [-0.4, -0.2) is 0 Å². The average Bonchev–Trinajstić information content (AvgIpc) is 1.98. The first-order valence-corrected chi connectivity index (χ1v) is 4.09. The van der Waals surface area contributed by atoms with Gasteiger partial charge in [-0.3, -0.25) is 0 Å². The lowest BCUT2D eigenvalue weighted by Crippen LogP contribution is -1.86. The van der Waals surface area contributed by atoms with Crippen molar-refractivity contribution >= 4 is 0 Å². The lowest BCUT2D eigenvalue weighted by Gasteiger charge is -2.02. The standard InChI is InChI=1S/C11H15/c1-4-5-11-7-6-9(2)10(3)8-11/h6-8H,1,4-5H2,2-3H3. The largest absolute Gasteiger partial charge is 0.0588 e. The Bertz CT molecular complexity index is 236. The number of rotatable bonds is 2. The summed E-state index contributed by atoms with van der Waals surface area (Å²) in [7, 11) is 0. The Morgan fingerprint density at radius 2 is 1.91 bits per heavy atom. The van der Waals surface area contributed by atoms with Crippen molar-refractivity contribution in [3.05, 3.63) is 41.8 Å². The molecule has 11 heavy (non-hydrogen) atoms. The first kappa shape index (κ1) is 8.32. The smallest absolute Gasteiger partial charge is 0.0279 e. The van der Waals surface area contributed by atoms with Gasteiger partial charge in [0.1, 0.15) is 0 Å². The van der Waals surface area contributed by atoms with Crippen LogP contribution in [0.2, 0.25) is 0 Å². The Morgan fingerprint density at radius 1 is 1.18 bits per heavy atom. The Kier molecular flexibility index (Phi) is 2.70. The van der Waals surface area contributed by atoms with E-state index in [9.17, 15) is 0 Å². The van der Waals surface area contributed by atoms with Gasteiger partial charge < -0.3 is 0 Å². The van der Waals surface area contributed by atoms with Crippen LogP contribution in [0.15, 0.2) is 18.2 Å². The third-order valence-corrected chi connectivity index (χ3v) is 2.04. The van der Waals surface area contributed by atoms with Crippen molar-refractivity contribution in [3.63, 3.8) is 0 Å². The van der Waals surface area contributed by atoms with Gasteiger partial charge in [0.15, 0.2) is 0 Å².